The number of nitrogens with zero attached hydrogens (tertiary/aromatic N) is 5. The summed E-state index contributed by atoms with van der Waals surface area (Å²) in [4.78, 5) is 12.6. The summed E-state index contributed by atoms with van der Waals surface area (Å²) in [6.07, 6.45) is 3.42. The lowest BCUT2D eigenvalue weighted by atomic mass is 10.1. The van der Waals surface area contributed by atoms with E-state index in [1.165, 1.54) is 0 Å². The Morgan fingerprint density at radius 3 is 2.75 bits per heavy atom. The summed E-state index contributed by atoms with van der Waals surface area (Å²) in [7, 11) is 1.91. The summed E-state index contributed by atoms with van der Waals surface area (Å²) < 4.78 is 1.81. The molecule has 3 rings (SSSR count). The molecule has 0 atom stereocenters. The summed E-state index contributed by atoms with van der Waals surface area (Å²) in [5, 5.41) is 5.82. The van der Waals surface area contributed by atoms with E-state index >= 15 is 0 Å². The first-order valence-electron chi connectivity index (χ1n) is 6.38. The summed E-state index contributed by atoms with van der Waals surface area (Å²) in [5.41, 5.74) is 3.59. The molecule has 3 aromatic rings. The maximum Gasteiger partial charge on any atom is 0.222 e. The predicted molar refractivity (Wildman–Crippen MR) is 78.6 cm³/mol. The van der Waals surface area contributed by atoms with Gasteiger partial charge in [-0.1, -0.05) is 13.8 Å². The molecule has 5 nitrogen and oxygen atoms in total. The second-order valence-corrected chi connectivity index (χ2v) is 5.31. The molecule has 0 amide bonds. The SMILES string of the molecule is CC(C)c1nn(C)c2ncc(-c3ccnc(Cl)n3)cc12. The Morgan fingerprint density at radius 1 is 1.25 bits per heavy atom. The normalized spacial score (nSPS) is 11.4. The molecule has 0 aliphatic carbocycles. The topological polar surface area (TPSA) is 56.5 Å². The minimum atomic E-state index is 0.234. The zero-order valence-electron chi connectivity index (χ0n) is 11.5. The van der Waals surface area contributed by atoms with Gasteiger partial charge in [0.2, 0.25) is 5.28 Å². The van der Waals surface area contributed by atoms with Gasteiger partial charge in [-0.2, -0.15) is 5.10 Å². The van der Waals surface area contributed by atoms with Gasteiger partial charge in [0, 0.05) is 30.4 Å². The molecule has 3 aromatic heterocycles. The van der Waals surface area contributed by atoms with Crippen molar-refractivity contribution in [1.29, 1.82) is 0 Å². The number of pyridine rings is 1. The van der Waals surface area contributed by atoms with Crippen LogP contribution in [0.1, 0.15) is 25.5 Å². The van der Waals surface area contributed by atoms with E-state index in [-0.39, 0.29) is 5.28 Å². The zero-order valence-corrected chi connectivity index (χ0v) is 12.3. The van der Waals surface area contributed by atoms with Gasteiger partial charge in [0.25, 0.3) is 0 Å². The van der Waals surface area contributed by atoms with Gasteiger partial charge in [-0.15, -0.1) is 0 Å². The molecule has 0 radical (unpaired) electrons. The Balaban J connectivity index is 2.22. The van der Waals surface area contributed by atoms with Crippen LogP contribution in [0.4, 0.5) is 0 Å². The first kappa shape index (κ1) is 13.0. The van der Waals surface area contributed by atoms with Crippen LogP contribution < -0.4 is 0 Å². The Hall–Kier alpha value is -2.01. The van der Waals surface area contributed by atoms with Gasteiger partial charge in [-0.25, -0.2) is 15.0 Å². The van der Waals surface area contributed by atoms with Crippen LogP contribution in [0.2, 0.25) is 5.28 Å². The first-order valence-corrected chi connectivity index (χ1v) is 6.75. The molecule has 0 aliphatic heterocycles. The molecule has 0 bridgehead atoms. The van der Waals surface area contributed by atoms with E-state index in [4.69, 9.17) is 11.6 Å². The molecule has 102 valence electrons. The lowest BCUT2D eigenvalue weighted by Crippen LogP contribution is -1.93. The first-order chi connectivity index (χ1) is 9.56. The Bertz CT molecular complexity index is 778. The van der Waals surface area contributed by atoms with Crippen molar-refractivity contribution in [3.05, 3.63) is 35.5 Å². The largest absolute Gasteiger partial charge is 0.250 e. The summed E-state index contributed by atoms with van der Waals surface area (Å²) in [5.74, 6) is 0.338. The van der Waals surface area contributed by atoms with E-state index in [1.54, 1.807) is 17.1 Å². The van der Waals surface area contributed by atoms with Crippen molar-refractivity contribution in [1.82, 2.24) is 24.7 Å². The van der Waals surface area contributed by atoms with Crippen molar-refractivity contribution < 1.29 is 0 Å². The minimum Gasteiger partial charge on any atom is -0.250 e. The van der Waals surface area contributed by atoms with Crippen LogP contribution in [0.3, 0.4) is 0 Å². The molecule has 20 heavy (non-hydrogen) atoms. The van der Waals surface area contributed by atoms with Crippen molar-refractivity contribution in [2.45, 2.75) is 19.8 Å². The predicted octanol–water partition coefficient (Wildman–Crippen LogP) is 3.20. The molecule has 0 aromatic carbocycles. The Kier molecular flexibility index (Phi) is 3.14. The number of halogens is 1. The lowest BCUT2D eigenvalue weighted by Gasteiger charge is -2.03. The van der Waals surface area contributed by atoms with Crippen LogP contribution in [0.5, 0.6) is 0 Å². The molecular formula is C14H14ClN5. The van der Waals surface area contributed by atoms with Gasteiger partial charge >= 0.3 is 0 Å². The highest BCUT2D eigenvalue weighted by atomic mass is 35.5. The molecular weight excluding hydrogens is 274 g/mol. The van der Waals surface area contributed by atoms with Crippen molar-refractivity contribution in [3.8, 4) is 11.3 Å². The van der Waals surface area contributed by atoms with Gasteiger partial charge < -0.3 is 0 Å². The van der Waals surface area contributed by atoms with Crippen LogP contribution in [0.25, 0.3) is 22.3 Å². The van der Waals surface area contributed by atoms with Crippen molar-refractivity contribution in [2.24, 2.45) is 7.05 Å². The average molecular weight is 288 g/mol. The third kappa shape index (κ3) is 2.14. The number of hydrogen-bond acceptors (Lipinski definition) is 4. The van der Waals surface area contributed by atoms with Crippen molar-refractivity contribution >= 4 is 22.6 Å². The molecule has 6 heteroatoms. The number of fused-ring (bicyclic) bond motifs is 1. The fourth-order valence-corrected chi connectivity index (χ4v) is 2.38. The van der Waals surface area contributed by atoms with Gasteiger partial charge in [0.1, 0.15) is 0 Å². The monoisotopic (exact) mass is 287 g/mol. The van der Waals surface area contributed by atoms with Crippen LogP contribution >= 0.6 is 11.6 Å². The van der Waals surface area contributed by atoms with Crippen LogP contribution in [-0.4, -0.2) is 24.7 Å². The second kappa shape index (κ2) is 4.83. The van der Waals surface area contributed by atoms with Gasteiger partial charge in [-0.3, -0.25) is 4.68 Å². The van der Waals surface area contributed by atoms with E-state index in [2.05, 4.69) is 40.0 Å². The lowest BCUT2D eigenvalue weighted by molar-refractivity contribution is 0.724. The van der Waals surface area contributed by atoms with Crippen molar-refractivity contribution in [3.63, 3.8) is 0 Å². The third-order valence-electron chi connectivity index (χ3n) is 3.18. The average Bonchev–Trinajstić information content (AvgIpc) is 2.76. The zero-order chi connectivity index (χ0) is 14.3. The summed E-state index contributed by atoms with van der Waals surface area (Å²) in [6, 6.07) is 3.88. The summed E-state index contributed by atoms with van der Waals surface area (Å²) in [6.45, 7) is 4.24. The third-order valence-corrected chi connectivity index (χ3v) is 3.36. The van der Waals surface area contributed by atoms with E-state index in [0.717, 1.165) is 28.0 Å². The van der Waals surface area contributed by atoms with Gasteiger partial charge in [-0.05, 0) is 29.7 Å². The summed E-state index contributed by atoms with van der Waals surface area (Å²) >= 11 is 5.84. The number of aromatic nitrogens is 5. The quantitative estimate of drug-likeness (QED) is 0.679. The fourth-order valence-electron chi connectivity index (χ4n) is 2.23. The Morgan fingerprint density at radius 2 is 2.05 bits per heavy atom. The molecule has 0 unspecified atom stereocenters. The highest BCUT2D eigenvalue weighted by molar-refractivity contribution is 6.28. The maximum absolute atomic E-state index is 5.84. The van der Waals surface area contributed by atoms with Crippen LogP contribution in [-0.2, 0) is 7.05 Å². The number of aryl methyl sites for hydroxylation is 1. The van der Waals surface area contributed by atoms with Crippen LogP contribution in [0, 0.1) is 0 Å². The van der Waals surface area contributed by atoms with Crippen LogP contribution in [0.15, 0.2) is 24.5 Å². The van der Waals surface area contributed by atoms with Gasteiger partial charge in [0.05, 0.1) is 11.4 Å². The van der Waals surface area contributed by atoms with E-state index in [9.17, 15) is 0 Å². The smallest absolute Gasteiger partial charge is 0.222 e. The molecule has 3 heterocycles. The fraction of sp³-hybridized carbons (Fsp3) is 0.286. The maximum atomic E-state index is 5.84. The highest BCUT2D eigenvalue weighted by Gasteiger charge is 2.14. The second-order valence-electron chi connectivity index (χ2n) is 4.97. The minimum absolute atomic E-state index is 0.234. The van der Waals surface area contributed by atoms with E-state index in [1.807, 2.05) is 13.1 Å². The molecule has 0 saturated heterocycles. The van der Waals surface area contributed by atoms with Gasteiger partial charge in [0.15, 0.2) is 5.65 Å². The highest BCUT2D eigenvalue weighted by Crippen LogP contribution is 2.27. The Labute approximate surface area is 121 Å². The van der Waals surface area contributed by atoms with E-state index < -0.39 is 0 Å². The number of rotatable bonds is 2. The van der Waals surface area contributed by atoms with E-state index in [0.29, 0.717) is 5.92 Å². The molecule has 0 aliphatic rings. The van der Waals surface area contributed by atoms with Crippen molar-refractivity contribution in [2.75, 3.05) is 0 Å². The molecule has 0 spiro atoms. The molecule has 0 N–H and O–H groups in total. The number of hydrogen-bond donors (Lipinski definition) is 0. The molecule has 0 fully saturated rings. The molecule has 0 saturated carbocycles. The standard InChI is InChI=1S/C14H14ClN5/c1-8(2)12-10-6-9(7-17-13(10)20(3)19-12)11-4-5-16-14(15)18-11/h4-8H,1-3H3.